The first kappa shape index (κ1) is 14.4. The number of carboxylic acid groups (broad SMARTS) is 1. The van der Waals surface area contributed by atoms with E-state index in [9.17, 15) is 23.1 Å². The van der Waals surface area contributed by atoms with E-state index in [1.165, 1.54) is 30.5 Å². The fourth-order valence-corrected chi connectivity index (χ4v) is 2.32. The maximum absolute atomic E-state index is 13.0. The summed E-state index contributed by atoms with van der Waals surface area (Å²) in [5, 5.41) is 9.26. The molecule has 0 unspecified atom stereocenters. The number of fused-ring (bicyclic) bond motifs is 1. The highest BCUT2D eigenvalue weighted by Gasteiger charge is 2.36. The number of aryl methyl sites for hydroxylation is 1. The quantitative estimate of drug-likeness (QED) is 0.916. The maximum Gasteiger partial charge on any atom is 0.417 e. The van der Waals surface area contributed by atoms with Crippen LogP contribution in [-0.4, -0.2) is 15.6 Å². The molecule has 2 rings (SSSR count). The van der Waals surface area contributed by atoms with Crippen molar-refractivity contribution < 1.29 is 23.1 Å². The molecule has 0 amide bonds. The van der Waals surface area contributed by atoms with Gasteiger partial charge in [0, 0.05) is 23.6 Å². The van der Waals surface area contributed by atoms with Crippen molar-refractivity contribution in [3.8, 4) is 0 Å². The van der Waals surface area contributed by atoms with Crippen LogP contribution in [0.25, 0.3) is 10.9 Å². The summed E-state index contributed by atoms with van der Waals surface area (Å²) in [6.45, 7) is 2.94. The van der Waals surface area contributed by atoms with Crippen molar-refractivity contribution >= 4 is 16.9 Å². The molecule has 1 heterocycles. The van der Waals surface area contributed by atoms with Gasteiger partial charge in [-0.3, -0.25) is 4.79 Å². The van der Waals surface area contributed by atoms with Gasteiger partial charge < -0.3 is 9.67 Å². The molecule has 0 saturated heterocycles. The third-order valence-electron chi connectivity index (χ3n) is 3.57. The second-order valence-corrected chi connectivity index (χ2v) is 5.25. The molecule has 3 nitrogen and oxygen atoms in total. The first-order chi connectivity index (χ1) is 9.06. The van der Waals surface area contributed by atoms with Crippen molar-refractivity contribution in [2.45, 2.75) is 25.4 Å². The third kappa shape index (κ3) is 2.05. The number of benzene rings is 1. The monoisotopic (exact) mass is 285 g/mol. The first-order valence-electron chi connectivity index (χ1n) is 5.96. The summed E-state index contributed by atoms with van der Waals surface area (Å²) in [6.07, 6.45) is -4.47. The summed E-state index contributed by atoms with van der Waals surface area (Å²) in [4.78, 5) is 11.3. The van der Waals surface area contributed by atoms with Gasteiger partial charge in [-0.2, -0.15) is 13.2 Å². The van der Waals surface area contributed by atoms with Crippen LogP contribution in [0.1, 0.15) is 25.1 Å². The Kier molecular flexibility index (Phi) is 3.07. The highest BCUT2D eigenvalue weighted by Crippen LogP contribution is 2.38. The fraction of sp³-hybridized carbons (Fsp3) is 0.357. The summed E-state index contributed by atoms with van der Waals surface area (Å²) in [5.74, 6) is -1.09. The smallest absolute Gasteiger partial charge is 0.417 e. The summed E-state index contributed by atoms with van der Waals surface area (Å²) in [6, 6.07) is 5.18. The lowest BCUT2D eigenvalue weighted by Crippen LogP contribution is -2.30. The van der Waals surface area contributed by atoms with E-state index in [0.717, 1.165) is 6.07 Å². The molecule has 0 aliphatic carbocycles. The molecule has 0 aliphatic heterocycles. The number of halogens is 3. The molecule has 1 N–H and O–H groups in total. The molecule has 0 saturated carbocycles. The zero-order valence-corrected chi connectivity index (χ0v) is 11.2. The van der Waals surface area contributed by atoms with Crippen LogP contribution in [0.5, 0.6) is 0 Å². The standard InChI is InChI=1S/C14H14F3NO2/c1-13(2,12(19)20)11-7-8-9(14(15,16)17)5-4-6-10(8)18(11)3/h4-7H,1-3H3,(H,19,20). The van der Waals surface area contributed by atoms with Crippen LogP contribution >= 0.6 is 0 Å². The Morgan fingerprint density at radius 3 is 2.35 bits per heavy atom. The van der Waals surface area contributed by atoms with E-state index in [2.05, 4.69) is 0 Å². The van der Waals surface area contributed by atoms with Crippen LogP contribution in [0, 0.1) is 0 Å². The van der Waals surface area contributed by atoms with Gasteiger partial charge in [-0.25, -0.2) is 0 Å². The summed E-state index contributed by atoms with van der Waals surface area (Å²) >= 11 is 0. The minimum Gasteiger partial charge on any atom is -0.481 e. The Balaban J connectivity index is 2.80. The number of aliphatic carboxylic acids is 1. The molecule has 0 fully saturated rings. The molecule has 1 aromatic carbocycles. The molecule has 0 aliphatic rings. The fourth-order valence-electron chi connectivity index (χ4n) is 2.32. The maximum atomic E-state index is 13.0. The average molecular weight is 285 g/mol. The van der Waals surface area contributed by atoms with Crippen molar-refractivity contribution in [2.24, 2.45) is 7.05 Å². The van der Waals surface area contributed by atoms with E-state index < -0.39 is 23.1 Å². The third-order valence-corrected chi connectivity index (χ3v) is 3.57. The number of carboxylic acids is 1. The number of rotatable bonds is 2. The molecule has 0 radical (unpaired) electrons. The Hall–Kier alpha value is -1.98. The van der Waals surface area contributed by atoms with Crippen LogP contribution in [0.2, 0.25) is 0 Å². The Bertz CT molecular complexity index is 684. The van der Waals surface area contributed by atoms with Gasteiger partial charge in [-0.05, 0) is 32.0 Å². The predicted octanol–water partition coefficient (Wildman–Crippen LogP) is 3.56. The summed E-state index contributed by atoms with van der Waals surface area (Å²) in [7, 11) is 1.57. The number of carbonyl (C=O) groups is 1. The van der Waals surface area contributed by atoms with Gasteiger partial charge in [0.05, 0.1) is 5.56 Å². The Morgan fingerprint density at radius 1 is 1.25 bits per heavy atom. The highest BCUT2D eigenvalue weighted by molar-refractivity contribution is 5.89. The van der Waals surface area contributed by atoms with Crippen LogP contribution in [-0.2, 0) is 23.4 Å². The van der Waals surface area contributed by atoms with Gasteiger partial charge >= 0.3 is 12.1 Å². The Morgan fingerprint density at radius 2 is 1.85 bits per heavy atom. The van der Waals surface area contributed by atoms with Crippen molar-refractivity contribution in [3.63, 3.8) is 0 Å². The van der Waals surface area contributed by atoms with E-state index in [4.69, 9.17) is 0 Å². The SMILES string of the molecule is Cn1c(C(C)(C)C(=O)O)cc2c(C(F)(F)F)cccc21. The van der Waals surface area contributed by atoms with Crippen molar-refractivity contribution in [1.82, 2.24) is 4.57 Å². The van der Waals surface area contributed by atoms with E-state index in [0.29, 0.717) is 11.2 Å². The normalized spacial score (nSPS) is 12.9. The molecule has 20 heavy (non-hydrogen) atoms. The van der Waals surface area contributed by atoms with Crippen molar-refractivity contribution in [2.75, 3.05) is 0 Å². The second-order valence-electron chi connectivity index (χ2n) is 5.25. The minimum absolute atomic E-state index is 0.0202. The number of hydrogen-bond donors (Lipinski definition) is 1. The summed E-state index contributed by atoms with van der Waals surface area (Å²) in [5.41, 5.74) is -1.32. The molecule has 0 bridgehead atoms. The lowest BCUT2D eigenvalue weighted by atomic mass is 9.89. The lowest BCUT2D eigenvalue weighted by Gasteiger charge is -2.20. The molecular weight excluding hydrogens is 271 g/mol. The molecule has 0 atom stereocenters. The van der Waals surface area contributed by atoms with Gasteiger partial charge in [0.15, 0.2) is 0 Å². The molecule has 2 aromatic rings. The van der Waals surface area contributed by atoms with Crippen molar-refractivity contribution in [1.29, 1.82) is 0 Å². The van der Waals surface area contributed by atoms with Crippen LogP contribution in [0.15, 0.2) is 24.3 Å². The number of nitrogens with zero attached hydrogens (tertiary/aromatic N) is 1. The van der Waals surface area contributed by atoms with E-state index in [1.54, 1.807) is 13.1 Å². The topological polar surface area (TPSA) is 42.2 Å². The van der Waals surface area contributed by atoms with Crippen LogP contribution < -0.4 is 0 Å². The molecule has 1 aromatic heterocycles. The van der Waals surface area contributed by atoms with Crippen LogP contribution in [0.4, 0.5) is 13.2 Å². The lowest BCUT2D eigenvalue weighted by molar-refractivity contribution is -0.142. The van der Waals surface area contributed by atoms with E-state index in [1.807, 2.05) is 0 Å². The second kappa shape index (κ2) is 4.26. The summed E-state index contributed by atoms with van der Waals surface area (Å²) < 4.78 is 40.5. The van der Waals surface area contributed by atoms with Gasteiger partial charge in [-0.1, -0.05) is 6.07 Å². The average Bonchev–Trinajstić information content (AvgIpc) is 2.66. The largest absolute Gasteiger partial charge is 0.481 e. The molecule has 108 valence electrons. The van der Waals surface area contributed by atoms with Gasteiger partial charge in [-0.15, -0.1) is 0 Å². The van der Waals surface area contributed by atoms with Gasteiger partial charge in [0.1, 0.15) is 5.41 Å². The molecule has 0 spiro atoms. The number of aromatic nitrogens is 1. The zero-order chi connectivity index (χ0) is 15.3. The van der Waals surface area contributed by atoms with Gasteiger partial charge in [0.2, 0.25) is 0 Å². The van der Waals surface area contributed by atoms with Crippen molar-refractivity contribution in [3.05, 3.63) is 35.5 Å². The first-order valence-corrected chi connectivity index (χ1v) is 5.96. The molecular formula is C14H14F3NO2. The van der Waals surface area contributed by atoms with E-state index in [-0.39, 0.29) is 5.39 Å². The van der Waals surface area contributed by atoms with Crippen LogP contribution in [0.3, 0.4) is 0 Å². The zero-order valence-electron chi connectivity index (χ0n) is 11.2. The minimum atomic E-state index is -4.47. The predicted molar refractivity (Wildman–Crippen MR) is 68.6 cm³/mol. The highest BCUT2D eigenvalue weighted by atomic mass is 19.4. The van der Waals surface area contributed by atoms with E-state index >= 15 is 0 Å². The van der Waals surface area contributed by atoms with Gasteiger partial charge in [0.25, 0.3) is 0 Å². The number of hydrogen-bond acceptors (Lipinski definition) is 1. The molecule has 6 heteroatoms. The number of alkyl halides is 3. The Labute approximate surface area is 113 Å².